The number of hydrogen-bond acceptors (Lipinski definition) is 5. The van der Waals surface area contributed by atoms with Gasteiger partial charge in [-0.25, -0.2) is 0 Å². The summed E-state index contributed by atoms with van der Waals surface area (Å²) in [6.07, 6.45) is 54.0. The average Bonchev–Trinajstić information content (AvgIpc) is 3.29. The van der Waals surface area contributed by atoms with E-state index in [4.69, 9.17) is 0 Å². The Morgan fingerprint density at radius 2 is 0.750 bits per heavy atom. The summed E-state index contributed by atoms with van der Waals surface area (Å²) in [5, 5.41) is 3.47. The van der Waals surface area contributed by atoms with Crippen molar-refractivity contribution < 1.29 is 4.79 Å². The Labute approximate surface area is 406 Å². The van der Waals surface area contributed by atoms with Crippen LogP contribution in [0.25, 0.3) is 0 Å². The minimum Gasteiger partial charge on any atom is -0.373 e. The molecule has 5 nitrogen and oxygen atoms in total. The Hall–Kier alpha value is -0.910. The number of aldehydes is 1. The molecular weight excluding hydrogens is 781 g/mol. The van der Waals surface area contributed by atoms with E-state index in [9.17, 15) is 4.79 Å². The molecule has 1 rings (SSSR count). The van der Waals surface area contributed by atoms with Gasteiger partial charge in [-0.3, -0.25) is 4.90 Å². The summed E-state index contributed by atoms with van der Waals surface area (Å²) in [4.78, 5) is 18.9. The van der Waals surface area contributed by atoms with Crippen molar-refractivity contribution in [2.45, 2.75) is 293 Å². The molecule has 0 aromatic carbocycles. The molecule has 64 heavy (non-hydrogen) atoms. The third-order valence-electron chi connectivity index (χ3n) is 13.8. The van der Waals surface area contributed by atoms with E-state index in [1.54, 1.807) is 0 Å². The van der Waals surface area contributed by atoms with Crippen LogP contribution in [0.5, 0.6) is 0 Å². The molecule has 0 aromatic heterocycles. The largest absolute Gasteiger partial charge is 0.373 e. The molecule has 1 N–H and O–H groups in total. The predicted octanol–water partition coefficient (Wildman–Crippen LogP) is 18.0. The van der Waals surface area contributed by atoms with Crippen LogP contribution in [0.1, 0.15) is 293 Å². The maximum atomic E-state index is 11.2. The third-order valence-corrected chi connectivity index (χ3v) is 13.8. The van der Waals surface area contributed by atoms with E-state index in [0.717, 1.165) is 58.0 Å². The number of hydrogen-bond donors (Lipinski definition) is 1. The molecular formula is C59H124N4O. The standard InChI is InChI=1S/C31H64N2O.C26H52N2.2CH4/c1-4-7-10-13-16-19-22-25-32(26-23-20-17-14-11-8-5-2)28-29-33(30-31-34)27-24-21-18-15-12-9-6-3;1-4-6-8-10-12-14-16-18-26(19-17-15-13-11-9-7-5-2)24-25(3)28-22-20-27-21-23-28;;/h31H,4-30H2,1-3H3;26-27H,3-24H2,1-2H3;2*1H4. The quantitative estimate of drug-likeness (QED) is 0.0486. The van der Waals surface area contributed by atoms with Crippen LogP contribution < -0.4 is 5.32 Å². The van der Waals surface area contributed by atoms with Gasteiger partial charge in [0, 0.05) is 45.0 Å². The van der Waals surface area contributed by atoms with Gasteiger partial charge < -0.3 is 19.9 Å². The molecule has 0 bridgehead atoms. The topological polar surface area (TPSA) is 38.8 Å². The van der Waals surface area contributed by atoms with E-state index < -0.39 is 0 Å². The van der Waals surface area contributed by atoms with E-state index >= 15 is 0 Å². The SMILES string of the molecule is C.C.C=C(CC(CCCCCCCCC)CCCCCCCCC)N1CCNCC1.CCCCCCCCCN(CC=O)CCN(CCCCCCCCC)CCCCCCCCC. The highest BCUT2D eigenvalue weighted by atomic mass is 16.1. The summed E-state index contributed by atoms with van der Waals surface area (Å²) in [6.45, 7) is 26.9. The lowest BCUT2D eigenvalue weighted by Crippen LogP contribution is -2.42. The van der Waals surface area contributed by atoms with Crippen molar-refractivity contribution in [2.24, 2.45) is 5.92 Å². The second-order valence-corrected chi connectivity index (χ2v) is 19.9. The summed E-state index contributed by atoms with van der Waals surface area (Å²) in [6, 6.07) is 0. The molecule has 0 unspecified atom stereocenters. The van der Waals surface area contributed by atoms with Crippen LogP contribution in [0.2, 0.25) is 0 Å². The van der Waals surface area contributed by atoms with Crippen LogP contribution in [-0.4, -0.2) is 86.4 Å². The van der Waals surface area contributed by atoms with Gasteiger partial charge in [0.25, 0.3) is 0 Å². The fourth-order valence-corrected chi connectivity index (χ4v) is 9.47. The van der Waals surface area contributed by atoms with Crippen LogP contribution in [0.3, 0.4) is 0 Å². The van der Waals surface area contributed by atoms with Crippen molar-refractivity contribution in [2.75, 3.05) is 65.4 Å². The molecule has 5 heteroatoms. The molecule has 0 spiro atoms. The van der Waals surface area contributed by atoms with E-state index in [-0.39, 0.29) is 14.9 Å². The van der Waals surface area contributed by atoms with Crippen molar-refractivity contribution in [3.63, 3.8) is 0 Å². The molecule has 1 aliphatic heterocycles. The number of carbonyl (C=O) groups is 1. The average molecular weight is 906 g/mol. The van der Waals surface area contributed by atoms with E-state index in [1.807, 2.05) is 0 Å². The Morgan fingerprint density at radius 1 is 0.453 bits per heavy atom. The third kappa shape index (κ3) is 47.6. The van der Waals surface area contributed by atoms with Crippen LogP contribution in [0.4, 0.5) is 0 Å². The molecule has 0 amide bonds. The van der Waals surface area contributed by atoms with Gasteiger partial charge in [0.1, 0.15) is 6.29 Å². The molecule has 0 atom stereocenters. The van der Waals surface area contributed by atoms with E-state index in [1.165, 1.54) is 263 Å². The van der Waals surface area contributed by atoms with Crippen LogP contribution in [0, 0.1) is 5.92 Å². The number of allylic oxidation sites excluding steroid dienone is 1. The first kappa shape index (κ1) is 67.4. The predicted molar refractivity (Wildman–Crippen MR) is 293 cm³/mol. The monoisotopic (exact) mass is 905 g/mol. The summed E-state index contributed by atoms with van der Waals surface area (Å²) in [5.41, 5.74) is 1.41. The zero-order valence-electron chi connectivity index (χ0n) is 43.6. The zero-order valence-corrected chi connectivity index (χ0v) is 43.6. The molecule has 386 valence electrons. The van der Waals surface area contributed by atoms with E-state index in [0.29, 0.717) is 6.54 Å². The number of piperazine rings is 1. The number of rotatable bonds is 48. The summed E-state index contributed by atoms with van der Waals surface area (Å²) in [7, 11) is 0. The molecule has 1 fully saturated rings. The van der Waals surface area contributed by atoms with Gasteiger partial charge in [0.15, 0.2) is 0 Å². The minimum atomic E-state index is 0. The Bertz CT molecular complexity index is 839. The maximum absolute atomic E-state index is 11.2. The van der Waals surface area contributed by atoms with Crippen molar-refractivity contribution >= 4 is 6.29 Å². The molecule has 0 aliphatic carbocycles. The molecule has 0 aromatic rings. The molecule has 1 saturated heterocycles. The van der Waals surface area contributed by atoms with Gasteiger partial charge in [-0.2, -0.15) is 0 Å². The minimum absolute atomic E-state index is 0. The van der Waals surface area contributed by atoms with Gasteiger partial charge in [-0.05, 0) is 51.2 Å². The number of nitrogens with one attached hydrogen (secondary N) is 1. The normalized spacial score (nSPS) is 12.7. The van der Waals surface area contributed by atoms with Crippen molar-refractivity contribution in [1.82, 2.24) is 20.0 Å². The fourth-order valence-electron chi connectivity index (χ4n) is 9.47. The first-order chi connectivity index (χ1) is 30.6. The van der Waals surface area contributed by atoms with Crippen LogP contribution >= 0.6 is 0 Å². The fraction of sp³-hybridized carbons (Fsp3) is 0.949. The second-order valence-electron chi connectivity index (χ2n) is 19.9. The molecule has 0 saturated carbocycles. The zero-order chi connectivity index (χ0) is 45.2. The second kappa shape index (κ2) is 56.4. The first-order valence-electron chi connectivity index (χ1n) is 28.6. The number of nitrogens with zero attached hydrogens (tertiary/aromatic N) is 3. The smallest absolute Gasteiger partial charge is 0.133 e. The van der Waals surface area contributed by atoms with Crippen molar-refractivity contribution in [3.8, 4) is 0 Å². The highest BCUT2D eigenvalue weighted by Crippen LogP contribution is 2.26. The van der Waals surface area contributed by atoms with Crippen LogP contribution in [-0.2, 0) is 4.79 Å². The van der Waals surface area contributed by atoms with Gasteiger partial charge in [-0.15, -0.1) is 0 Å². The lowest BCUT2D eigenvalue weighted by Gasteiger charge is -2.33. The van der Waals surface area contributed by atoms with Gasteiger partial charge in [0.2, 0.25) is 0 Å². The van der Waals surface area contributed by atoms with E-state index in [2.05, 4.69) is 61.2 Å². The number of carbonyl (C=O) groups excluding carboxylic acids is 1. The number of unbranched alkanes of at least 4 members (excludes halogenated alkanes) is 30. The molecule has 0 radical (unpaired) electrons. The molecule has 1 aliphatic rings. The Balaban J connectivity index is -0.00000115. The first-order valence-corrected chi connectivity index (χ1v) is 28.6. The highest BCUT2D eigenvalue weighted by molar-refractivity contribution is 5.51. The van der Waals surface area contributed by atoms with Crippen molar-refractivity contribution in [1.29, 1.82) is 0 Å². The Kier molecular flexibility index (Phi) is 59.4. The Morgan fingerprint density at radius 3 is 1.09 bits per heavy atom. The summed E-state index contributed by atoms with van der Waals surface area (Å²) < 4.78 is 0. The summed E-state index contributed by atoms with van der Waals surface area (Å²) in [5.74, 6) is 0.869. The maximum Gasteiger partial charge on any atom is 0.133 e. The van der Waals surface area contributed by atoms with Gasteiger partial charge in [0.05, 0.1) is 6.54 Å². The van der Waals surface area contributed by atoms with Crippen LogP contribution in [0.15, 0.2) is 12.3 Å². The lowest BCUT2D eigenvalue weighted by molar-refractivity contribution is -0.108. The van der Waals surface area contributed by atoms with Gasteiger partial charge in [-0.1, -0.05) is 274 Å². The molecule has 1 heterocycles. The summed E-state index contributed by atoms with van der Waals surface area (Å²) >= 11 is 0. The van der Waals surface area contributed by atoms with Crippen molar-refractivity contribution in [3.05, 3.63) is 12.3 Å². The van der Waals surface area contributed by atoms with Gasteiger partial charge >= 0.3 is 0 Å². The lowest BCUT2D eigenvalue weighted by atomic mass is 9.90. The highest BCUT2D eigenvalue weighted by Gasteiger charge is 2.17.